The number of halogens is 1. The molecule has 1 aliphatic rings. The number of methoxy groups -OCH3 is 1. The fraction of sp³-hybridized carbons (Fsp3) is 0.231. The van der Waals surface area contributed by atoms with Gasteiger partial charge in [0.1, 0.15) is 11.6 Å². The van der Waals surface area contributed by atoms with Crippen molar-refractivity contribution in [2.75, 3.05) is 7.11 Å². The van der Waals surface area contributed by atoms with Crippen LogP contribution in [0.25, 0.3) is 11.0 Å². The van der Waals surface area contributed by atoms with Gasteiger partial charge in [-0.05, 0) is 66.8 Å². The van der Waals surface area contributed by atoms with Crippen LogP contribution in [0.5, 0.6) is 5.75 Å². The Labute approximate surface area is 197 Å². The summed E-state index contributed by atoms with van der Waals surface area (Å²) in [6, 6.07) is 22.8. The Kier molecular flexibility index (Phi) is 5.68. The number of carbonyl (C=O) groups excluding carboxylic acids is 1. The van der Waals surface area contributed by atoms with Gasteiger partial charge in [-0.3, -0.25) is 0 Å². The SMILES string of the molecule is COc1ccc(C[C@@H](NC(=O)NC2(c3cccc(Cl)c3)CC2)c2nc3ccccc3[nH]2)cc1. The Morgan fingerprint density at radius 3 is 2.61 bits per heavy atom. The molecule has 6 nitrogen and oxygen atoms in total. The lowest BCUT2D eigenvalue weighted by Crippen LogP contribution is -2.44. The molecule has 33 heavy (non-hydrogen) atoms. The number of hydrogen-bond donors (Lipinski definition) is 3. The molecule has 0 spiro atoms. The van der Waals surface area contributed by atoms with Crippen molar-refractivity contribution in [1.82, 2.24) is 20.6 Å². The van der Waals surface area contributed by atoms with Crippen molar-refractivity contribution in [3.8, 4) is 5.75 Å². The van der Waals surface area contributed by atoms with E-state index in [1.807, 2.05) is 72.8 Å². The molecule has 7 heteroatoms. The lowest BCUT2D eigenvalue weighted by atomic mass is 10.0. The van der Waals surface area contributed by atoms with Gasteiger partial charge < -0.3 is 20.4 Å². The first-order chi connectivity index (χ1) is 16.0. The number of urea groups is 1. The summed E-state index contributed by atoms with van der Waals surface area (Å²) in [6.45, 7) is 0. The van der Waals surface area contributed by atoms with Crippen molar-refractivity contribution < 1.29 is 9.53 Å². The number of aromatic nitrogens is 2. The van der Waals surface area contributed by atoms with E-state index in [0.717, 1.165) is 46.6 Å². The van der Waals surface area contributed by atoms with E-state index in [9.17, 15) is 4.79 Å². The van der Waals surface area contributed by atoms with E-state index in [-0.39, 0.29) is 17.6 Å². The zero-order chi connectivity index (χ0) is 22.8. The molecule has 0 unspecified atom stereocenters. The molecule has 1 fully saturated rings. The summed E-state index contributed by atoms with van der Waals surface area (Å²) in [4.78, 5) is 21.2. The van der Waals surface area contributed by atoms with E-state index < -0.39 is 0 Å². The molecule has 168 valence electrons. The zero-order valence-corrected chi connectivity index (χ0v) is 19.0. The summed E-state index contributed by atoms with van der Waals surface area (Å²) in [7, 11) is 1.64. The van der Waals surface area contributed by atoms with Crippen molar-refractivity contribution in [1.29, 1.82) is 0 Å². The average Bonchev–Trinajstić information content (AvgIpc) is 3.47. The summed E-state index contributed by atoms with van der Waals surface area (Å²) in [5.74, 6) is 1.51. The molecule has 5 rings (SSSR count). The number of rotatable bonds is 7. The molecule has 0 bridgehead atoms. The van der Waals surface area contributed by atoms with Crippen LogP contribution < -0.4 is 15.4 Å². The molecule has 0 saturated heterocycles. The summed E-state index contributed by atoms with van der Waals surface area (Å²) < 4.78 is 5.27. The number of benzene rings is 3. The Morgan fingerprint density at radius 2 is 1.91 bits per heavy atom. The topological polar surface area (TPSA) is 79.0 Å². The molecule has 4 aromatic rings. The van der Waals surface area contributed by atoms with Crippen LogP contribution in [0.2, 0.25) is 5.02 Å². The van der Waals surface area contributed by atoms with E-state index in [1.54, 1.807) is 7.11 Å². The highest BCUT2D eigenvalue weighted by atomic mass is 35.5. The Morgan fingerprint density at radius 1 is 1.12 bits per heavy atom. The number of fused-ring (bicyclic) bond motifs is 1. The normalized spacial score (nSPS) is 15.1. The largest absolute Gasteiger partial charge is 0.497 e. The van der Waals surface area contributed by atoms with Crippen LogP contribution in [0.15, 0.2) is 72.8 Å². The Bertz CT molecular complexity index is 1250. The number of nitrogens with zero attached hydrogens (tertiary/aromatic N) is 1. The monoisotopic (exact) mass is 460 g/mol. The Balaban J connectivity index is 1.38. The van der Waals surface area contributed by atoms with Crippen LogP contribution in [0, 0.1) is 0 Å². The van der Waals surface area contributed by atoms with Crippen molar-refractivity contribution in [3.63, 3.8) is 0 Å². The van der Waals surface area contributed by atoms with Crippen molar-refractivity contribution in [3.05, 3.63) is 94.8 Å². The highest BCUT2D eigenvalue weighted by molar-refractivity contribution is 6.30. The lowest BCUT2D eigenvalue weighted by molar-refractivity contribution is 0.231. The zero-order valence-electron chi connectivity index (χ0n) is 18.3. The number of para-hydroxylation sites is 2. The molecule has 3 aromatic carbocycles. The fourth-order valence-corrected chi connectivity index (χ4v) is 4.35. The molecule has 0 aliphatic heterocycles. The molecule has 1 aromatic heterocycles. The first-order valence-corrected chi connectivity index (χ1v) is 11.3. The van der Waals surface area contributed by atoms with E-state index in [1.165, 1.54) is 0 Å². The maximum atomic E-state index is 13.1. The number of carbonyl (C=O) groups is 1. The number of aromatic amines is 1. The van der Waals surface area contributed by atoms with Crippen LogP contribution >= 0.6 is 11.6 Å². The van der Waals surface area contributed by atoms with Crippen LogP contribution in [0.3, 0.4) is 0 Å². The fourth-order valence-electron chi connectivity index (χ4n) is 4.16. The number of ether oxygens (including phenoxy) is 1. The lowest BCUT2D eigenvalue weighted by Gasteiger charge is -2.22. The van der Waals surface area contributed by atoms with Gasteiger partial charge >= 0.3 is 6.03 Å². The van der Waals surface area contributed by atoms with Gasteiger partial charge in [0.05, 0.1) is 29.7 Å². The van der Waals surface area contributed by atoms with Gasteiger partial charge in [-0.1, -0.05) is 48.0 Å². The van der Waals surface area contributed by atoms with Crippen molar-refractivity contribution in [2.45, 2.75) is 30.8 Å². The molecule has 1 saturated carbocycles. The Hall–Kier alpha value is -3.51. The van der Waals surface area contributed by atoms with Crippen LogP contribution in [-0.4, -0.2) is 23.1 Å². The number of H-pyrrole nitrogens is 1. The van der Waals surface area contributed by atoms with Crippen molar-refractivity contribution >= 4 is 28.7 Å². The van der Waals surface area contributed by atoms with Gasteiger partial charge in [0.2, 0.25) is 0 Å². The third kappa shape index (κ3) is 4.66. The first-order valence-electron chi connectivity index (χ1n) is 11.0. The quantitative estimate of drug-likeness (QED) is 0.341. The maximum absolute atomic E-state index is 13.1. The molecular weight excluding hydrogens is 436 g/mol. The molecule has 0 radical (unpaired) electrons. The second-order valence-corrected chi connectivity index (χ2v) is 8.87. The van der Waals surface area contributed by atoms with Gasteiger partial charge in [0, 0.05) is 5.02 Å². The number of imidazole rings is 1. The van der Waals surface area contributed by atoms with E-state index in [0.29, 0.717) is 11.4 Å². The first kappa shape index (κ1) is 21.3. The molecule has 1 atom stereocenters. The minimum atomic E-state index is -0.368. The van der Waals surface area contributed by atoms with Crippen molar-refractivity contribution in [2.24, 2.45) is 0 Å². The van der Waals surface area contributed by atoms with E-state index in [2.05, 4.69) is 15.6 Å². The number of amides is 2. The smallest absolute Gasteiger partial charge is 0.316 e. The summed E-state index contributed by atoms with van der Waals surface area (Å²) >= 11 is 6.18. The predicted octanol–water partition coefficient (Wildman–Crippen LogP) is 5.50. The van der Waals surface area contributed by atoms with Crippen LogP contribution in [0.1, 0.15) is 35.8 Å². The summed E-state index contributed by atoms with van der Waals surface area (Å²) in [5, 5.41) is 6.99. The van der Waals surface area contributed by atoms with Gasteiger partial charge in [0.25, 0.3) is 0 Å². The molecule has 1 heterocycles. The summed E-state index contributed by atoms with van der Waals surface area (Å²) in [5.41, 5.74) is 3.53. The standard InChI is InChI=1S/C26H25ClN4O2/c1-33-20-11-9-17(10-12-20)15-23(24-28-21-7-2-3-8-22(21)29-24)30-25(32)31-26(13-14-26)18-5-4-6-19(27)16-18/h2-12,16,23H,13-15H2,1H3,(H,28,29)(H2,30,31,32)/t23-/m1/s1. The second kappa shape index (κ2) is 8.79. The molecule has 2 amide bonds. The average molecular weight is 461 g/mol. The van der Waals surface area contributed by atoms with E-state index >= 15 is 0 Å². The summed E-state index contributed by atoms with van der Waals surface area (Å²) in [6.07, 6.45) is 2.35. The van der Waals surface area contributed by atoms with Gasteiger partial charge in [-0.15, -0.1) is 0 Å². The van der Waals surface area contributed by atoms with Gasteiger partial charge in [-0.25, -0.2) is 9.78 Å². The highest BCUT2D eigenvalue weighted by Gasteiger charge is 2.46. The number of nitrogens with one attached hydrogen (secondary N) is 3. The molecular formula is C26H25ClN4O2. The minimum Gasteiger partial charge on any atom is -0.497 e. The minimum absolute atomic E-state index is 0.230. The second-order valence-electron chi connectivity index (χ2n) is 8.43. The maximum Gasteiger partial charge on any atom is 0.316 e. The number of hydrogen-bond acceptors (Lipinski definition) is 3. The van der Waals surface area contributed by atoms with E-state index in [4.69, 9.17) is 21.3 Å². The van der Waals surface area contributed by atoms with Gasteiger partial charge in [-0.2, -0.15) is 0 Å². The molecule has 3 N–H and O–H groups in total. The third-order valence-corrected chi connectivity index (χ3v) is 6.36. The predicted molar refractivity (Wildman–Crippen MR) is 130 cm³/mol. The molecule has 1 aliphatic carbocycles. The van der Waals surface area contributed by atoms with Crippen LogP contribution in [-0.2, 0) is 12.0 Å². The van der Waals surface area contributed by atoms with Gasteiger partial charge in [0.15, 0.2) is 0 Å². The highest BCUT2D eigenvalue weighted by Crippen LogP contribution is 2.46. The third-order valence-electron chi connectivity index (χ3n) is 6.12. The van der Waals surface area contributed by atoms with Crippen LogP contribution in [0.4, 0.5) is 4.79 Å².